The van der Waals surface area contributed by atoms with Crippen molar-refractivity contribution < 1.29 is 19.4 Å². The molecule has 182 valence electrons. The number of carbonyl (C=O) groups is 1. The number of likely N-dealkylation sites (tertiary alicyclic amines) is 1. The Kier molecular flexibility index (Phi) is 8.68. The fraction of sp³-hybridized carbons (Fsp3) is 0.800. The lowest BCUT2D eigenvalue weighted by Crippen LogP contribution is -2.46. The zero-order valence-electron chi connectivity index (χ0n) is 21.3. The molecular formula is C25H43N3O4. The maximum absolute atomic E-state index is 13.2. The van der Waals surface area contributed by atoms with Gasteiger partial charge < -0.3 is 19.5 Å². The molecule has 0 bridgehead atoms. The first-order chi connectivity index (χ1) is 14.7. The number of nitrogens with zero attached hydrogens (tertiary/aromatic N) is 3. The van der Waals surface area contributed by atoms with E-state index >= 15 is 0 Å². The maximum atomic E-state index is 13.2. The van der Waals surface area contributed by atoms with Crippen molar-refractivity contribution in [2.75, 3.05) is 19.6 Å². The van der Waals surface area contributed by atoms with E-state index in [-0.39, 0.29) is 18.7 Å². The standard InChI is InChI=1S/C25H43N3O4/c1-16(2)31-23(30)22(32-24(4,5)6)21-17(3)27-18(20(29)15-26-9)14-19(21)28-12-10-25(7,8)11-13-28/h16,18,20,22,29H,9-15H2,1-8H3/t18?,20-,22+/m1/s1. The topological polar surface area (TPSA) is 83.7 Å². The Hall–Kier alpha value is -1.73. The number of hydrogen-bond donors (Lipinski definition) is 1. The van der Waals surface area contributed by atoms with E-state index in [1.807, 2.05) is 41.5 Å². The summed E-state index contributed by atoms with van der Waals surface area (Å²) in [5.74, 6) is -0.402. The van der Waals surface area contributed by atoms with Crippen LogP contribution >= 0.6 is 0 Å². The van der Waals surface area contributed by atoms with Crippen molar-refractivity contribution in [3.63, 3.8) is 0 Å². The molecule has 2 aliphatic rings. The Morgan fingerprint density at radius 1 is 1.31 bits per heavy atom. The van der Waals surface area contributed by atoms with Crippen molar-refractivity contribution >= 4 is 18.4 Å². The summed E-state index contributed by atoms with van der Waals surface area (Å²) in [4.78, 5) is 24.2. The molecule has 2 heterocycles. The van der Waals surface area contributed by atoms with Gasteiger partial charge in [0.2, 0.25) is 0 Å². The molecule has 32 heavy (non-hydrogen) atoms. The lowest BCUT2D eigenvalue weighted by atomic mass is 9.81. The summed E-state index contributed by atoms with van der Waals surface area (Å²) >= 11 is 0. The third-order valence-corrected chi connectivity index (χ3v) is 6.02. The Morgan fingerprint density at radius 2 is 1.91 bits per heavy atom. The van der Waals surface area contributed by atoms with Gasteiger partial charge in [0.1, 0.15) is 0 Å². The van der Waals surface area contributed by atoms with Crippen LogP contribution in [0.5, 0.6) is 0 Å². The van der Waals surface area contributed by atoms with Crippen LogP contribution in [0.2, 0.25) is 0 Å². The van der Waals surface area contributed by atoms with Crippen molar-refractivity contribution in [1.82, 2.24) is 4.90 Å². The second-order valence-corrected chi connectivity index (χ2v) is 11.1. The van der Waals surface area contributed by atoms with Gasteiger partial charge in [0.05, 0.1) is 30.4 Å². The van der Waals surface area contributed by atoms with Crippen LogP contribution < -0.4 is 0 Å². The van der Waals surface area contributed by atoms with Gasteiger partial charge >= 0.3 is 5.97 Å². The molecule has 2 rings (SSSR count). The van der Waals surface area contributed by atoms with Crippen LogP contribution in [0.25, 0.3) is 0 Å². The average molecular weight is 450 g/mol. The first kappa shape index (κ1) is 26.5. The Bertz CT molecular complexity index is 739. The number of piperidine rings is 1. The molecule has 0 spiro atoms. The van der Waals surface area contributed by atoms with Crippen molar-refractivity contribution in [2.24, 2.45) is 15.4 Å². The molecule has 1 unspecified atom stereocenters. The number of carbonyl (C=O) groups excluding carboxylic acids is 1. The van der Waals surface area contributed by atoms with E-state index in [1.54, 1.807) is 0 Å². The van der Waals surface area contributed by atoms with Gasteiger partial charge in [0.15, 0.2) is 6.10 Å². The van der Waals surface area contributed by atoms with Gasteiger partial charge in [-0.25, -0.2) is 4.79 Å². The molecule has 0 aromatic heterocycles. The Morgan fingerprint density at radius 3 is 2.41 bits per heavy atom. The highest BCUT2D eigenvalue weighted by Crippen LogP contribution is 2.37. The molecule has 2 aliphatic heterocycles. The van der Waals surface area contributed by atoms with E-state index in [4.69, 9.17) is 14.5 Å². The van der Waals surface area contributed by atoms with Gasteiger partial charge in [-0.15, -0.1) is 0 Å². The number of rotatable bonds is 8. The van der Waals surface area contributed by atoms with Crippen LogP contribution in [0.4, 0.5) is 0 Å². The lowest BCUT2D eigenvalue weighted by Gasteiger charge is -2.43. The molecule has 1 N–H and O–H groups in total. The van der Waals surface area contributed by atoms with Crippen molar-refractivity contribution in [1.29, 1.82) is 0 Å². The number of aliphatic imine (C=N–C) groups is 2. The number of esters is 1. The molecule has 0 aliphatic carbocycles. The predicted octanol–water partition coefficient (Wildman–Crippen LogP) is 3.79. The summed E-state index contributed by atoms with van der Waals surface area (Å²) in [5, 5.41) is 10.6. The van der Waals surface area contributed by atoms with Crippen LogP contribution in [0.1, 0.15) is 74.7 Å². The van der Waals surface area contributed by atoms with E-state index in [0.29, 0.717) is 17.5 Å². The maximum Gasteiger partial charge on any atom is 0.340 e. The van der Waals surface area contributed by atoms with Crippen LogP contribution in [-0.4, -0.2) is 78.0 Å². The van der Waals surface area contributed by atoms with E-state index in [1.165, 1.54) is 0 Å². The van der Waals surface area contributed by atoms with E-state index in [2.05, 4.69) is 30.5 Å². The number of hydrogen-bond acceptors (Lipinski definition) is 7. The molecule has 7 heteroatoms. The molecule has 0 amide bonds. The molecule has 7 nitrogen and oxygen atoms in total. The van der Waals surface area contributed by atoms with Crippen LogP contribution in [-0.2, 0) is 14.3 Å². The highest BCUT2D eigenvalue weighted by Gasteiger charge is 2.40. The zero-order chi connectivity index (χ0) is 24.3. The smallest absolute Gasteiger partial charge is 0.340 e. The Labute approximate surface area is 194 Å². The molecule has 0 saturated carbocycles. The molecule has 1 saturated heterocycles. The van der Waals surface area contributed by atoms with Gasteiger partial charge in [0.25, 0.3) is 0 Å². The third-order valence-electron chi connectivity index (χ3n) is 6.02. The van der Waals surface area contributed by atoms with E-state index in [0.717, 1.165) is 37.2 Å². The number of dihydropyridines is 1. The fourth-order valence-electron chi connectivity index (χ4n) is 4.25. The first-order valence-electron chi connectivity index (χ1n) is 11.8. The molecule has 0 aromatic carbocycles. The van der Waals surface area contributed by atoms with Gasteiger partial charge in [-0.3, -0.25) is 9.98 Å². The third kappa shape index (κ3) is 7.14. The summed E-state index contributed by atoms with van der Waals surface area (Å²) in [6.07, 6.45) is 0.808. The molecule has 3 atom stereocenters. The second-order valence-electron chi connectivity index (χ2n) is 11.1. The molecule has 1 fully saturated rings. The minimum atomic E-state index is -0.873. The largest absolute Gasteiger partial charge is 0.461 e. The fourth-order valence-corrected chi connectivity index (χ4v) is 4.25. The second kappa shape index (κ2) is 10.5. The zero-order valence-corrected chi connectivity index (χ0v) is 21.3. The summed E-state index contributed by atoms with van der Waals surface area (Å²) in [5.41, 5.74) is 2.25. The number of aliphatic hydroxyl groups is 1. The monoisotopic (exact) mass is 449 g/mol. The predicted molar refractivity (Wildman–Crippen MR) is 129 cm³/mol. The number of aliphatic hydroxyl groups excluding tert-OH is 1. The Balaban J connectivity index is 2.53. The highest BCUT2D eigenvalue weighted by molar-refractivity contribution is 6.05. The van der Waals surface area contributed by atoms with Crippen LogP contribution in [0.15, 0.2) is 21.3 Å². The highest BCUT2D eigenvalue weighted by atomic mass is 16.6. The number of ether oxygens (including phenoxy) is 2. The van der Waals surface area contributed by atoms with Crippen molar-refractivity contribution in [3.05, 3.63) is 11.3 Å². The summed E-state index contributed by atoms with van der Waals surface area (Å²) in [6.45, 7) is 21.5. The lowest BCUT2D eigenvalue weighted by molar-refractivity contribution is -0.165. The minimum Gasteiger partial charge on any atom is -0.461 e. The van der Waals surface area contributed by atoms with Crippen molar-refractivity contribution in [3.8, 4) is 0 Å². The van der Waals surface area contributed by atoms with Gasteiger partial charge in [-0.1, -0.05) is 13.8 Å². The van der Waals surface area contributed by atoms with Gasteiger partial charge in [-0.2, -0.15) is 0 Å². The SMILES string of the molecule is C=NC[C@@H](O)C1CC(N2CCC(C)(C)CC2)=C([C@H](OC(C)(C)C)C(=O)OC(C)C)C(C)=N1. The first-order valence-corrected chi connectivity index (χ1v) is 11.8. The van der Waals surface area contributed by atoms with Crippen molar-refractivity contribution in [2.45, 2.75) is 105 Å². The van der Waals surface area contributed by atoms with Crippen LogP contribution in [0.3, 0.4) is 0 Å². The average Bonchev–Trinajstić information content (AvgIpc) is 2.64. The molecule has 0 aromatic rings. The summed E-state index contributed by atoms with van der Waals surface area (Å²) in [6, 6.07) is -0.328. The van der Waals surface area contributed by atoms with E-state index in [9.17, 15) is 9.90 Å². The quantitative estimate of drug-likeness (QED) is 0.450. The molecule has 0 radical (unpaired) electrons. The summed E-state index contributed by atoms with van der Waals surface area (Å²) < 4.78 is 11.9. The van der Waals surface area contributed by atoms with Crippen LogP contribution in [0, 0.1) is 5.41 Å². The summed E-state index contributed by atoms with van der Waals surface area (Å²) in [7, 11) is 0. The van der Waals surface area contributed by atoms with E-state index < -0.39 is 23.8 Å². The normalized spacial score (nSPS) is 23.6. The minimum absolute atomic E-state index is 0.231. The van der Waals surface area contributed by atoms with Gasteiger partial charge in [-0.05, 0) is 66.5 Å². The van der Waals surface area contributed by atoms with Gasteiger partial charge in [0, 0.05) is 36.5 Å². The molecular weight excluding hydrogens is 406 g/mol.